The smallest absolute Gasteiger partial charge is 0.0418 e. The lowest BCUT2D eigenvalue weighted by Crippen LogP contribution is -2.37. The molecule has 27 heavy (non-hydrogen) atoms. The number of rotatable bonds is 3. The quantitative estimate of drug-likeness (QED) is 0.467. The van der Waals surface area contributed by atoms with Crippen LogP contribution < -0.4 is 4.90 Å². The van der Waals surface area contributed by atoms with E-state index in [0.29, 0.717) is 0 Å². The molecule has 0 spiro atoms. The van der Waals surface area contributed by atoms with Gasteiger partial charge in [0.2, 0.25) is 0 Å². The van der Waals surface area contributed by atoms with Gasteiger partial charge in [-0.3, -0.25) is 0 Å². The van der Waals surface area contributed by atoms with E-state index in [0.717, 1.165) is 0 Å². The molecule has 0 radical (unpaired) electrons. The molecule has 0 aromatic heterocycles. The maximum Gasteiger partial charge on any atom is 0.0418 e. The minimum atomic E-state index is -0.0230. The minimum Gasteiger partial charge on any atom is -0.336 e. The summed E-state index contributed by atoms with van der Waals surface area (Å²) >= 11 is 0. The topological polar surface area (TPSA) is 3.24 Å². The van der Waals surface area contributed by atoms with Crippen molar-refractivity contribution in [1.29, 1.82) is 0 Å². The van der Waals surface area contributed by atoms with Crippen LogP contribution in [-0.2, 0) is 5.41 Å². The Balaban J connectivity index is 2.02. The van der Waals surface area contributed by atoms with Crippen LogP contribution in [0.3, 0.4) is 0 Å². The molecule has 0 heterocycles. The Bertz CT molecular complexity index is 878. The number of hydrogen-bond donors (Lipinski definition) is 0. The van der Waals surface area contributed by atoms with E-state index in [4.69, 9.17) is 0 Å². The molecule has 3 aromatic rings. The van der Waals surface area contributed by atoms with Crippen molar-refractivity contribution < 1.29 is 0 Å². The fraction of sp³-hybridized carbons (Fsp3) is 0.308. The maximum atomic E-state index is 2.43. The fourth-order valence-corrected chi connectivity index (χ4v) is 3.47. The highest BCUT2D eigenvalue weighted by Crippen LogP contribution is 2.36. The van der Waals surface area contributed by atoms with Gasteiger partial charge in [-0.15, -0.1) is 0 Å². The van der Waals surface area contributed by atoms with Gasteiger partial charge in [0.25, 0.3) is 0 Å². The zero-order valence-electron chi connectivity index (χ0n) is 17.5. The molecule has 140 valence electrons. The Morgan fingerprint density at radius 1 is 0.556 bits per heavy atom. The van der Waals surface area contributed by atoms with E-state index in [9.17, 15) is 0 Å². The molecule has 0 N–H and O–H groups in total. The monoisotopic (exact) mass is 357 g/mol. The van der Waals surface area contributed by atoms with E-state index in [-0.39, 0.29) is 11.0 Å². The third-order valence-corrected chi connectivity index (χ3v) is 4.87. The Kier molecular flexibility index (Phi) is 5.15. The van der Waals surface area contributed by atoms with Crippen LogP contribution in [0.4, 0.5) is 11.4 Å². The van der Waals surface area contributed by atoms with Crippen LogP contribution in [0, 0.1) is 0 Å². The first-order valence-electron chi connectivity index (χ1n) is 9.72. The van der Waals surface area contributed by atoms with Crippen LogP contribution in [-0.4, -0.2) is 5.54 Å². The predicted octanol–water partition coefficient (Wildman–Crippen LogP) is 7.59. The molecule has 0 aliphatic rings. The Hall–Kier alpha value is -2.54. The molecule has 0 aliphatic carbocycles. The second kappa shape index (κ2) is 7.23. The molecular formula is C26H31N. The SMILES string of the molecule is CC(C)(C)c1cccc(N(c2ccc(-c3ccccc3)cc2)C(C)(C)C)c1. The van der Waals surface area contributed by atoms with E-state index in [2.05, 4.69) is 125 Å². The standard InChI is InChI=1S/C26H31N/c1-25(2,3)22-13-10-14-24(19-22)27(26(4,5)6)23-17-15-21(16-18-23)20-11-8-7-9-12-20/h7-19H,1-6H3. The Morgan fingerprint density at radius 2 is 1.15 bits per heavy atom. The number of anilines is 2. The summed E-state index contributed by atoms with van der Waals surface area (Å²) in [5, 5.41) is 0. The summed E-state index contributed by atoms with van der Waals surface area (Å²) in [5.41, 5.74) is 6.42. The molecule has 0 unspecified atom stereocenters. The first kappa shape index (κ1) is 19.2. The molecule has 0 amide bonds. The van der Waals surface area contributed by atoms with Gasteiger partial charge < -0.3 is 4.90 Å². The number of nitrogens with zero attached hydrogens (tertiary/aromatic N) is 1. The molecule has 0 atom stereocenters. The van der Waals surface area contributed by atoms with E-state index >= 15 is 0 Å². The van der Waals surface area contributed by atoms with E-state index in [1.54, 1.807) is 0 Å². The van der Waals surface area contributed by atoms with Crippen LogP contribution in [0.1, 0.15) is 47.1 Å². The molecule has 3 aromatic carbocycles. The van der Waals surface area contributed by atoms with Crippen LogP contribution in [0.5, 0.6) is 0 Å². The molecule has 1 heteroatoms. The van der Waals surface area contributed by atoms with Gasteiger partial charge in [-0.2, -0.15) is 0 Å². The van der Waals surface area contributed by atoms with Gasteiger partial charge in [0.1, 0.15) is 0 Å². The largest absolute Gasteiger partial charge is 0.336 e. The average molecular weight is 358 g/mol. The van der Waals surface area contributed by atoms with Crippen LogP contribution in [0.25, 0.3) is 11.1 Å². The van der Waals surface area contributed by atoms with Crippen molar-refractivity contribution in [1.82, 2.24) is 0 Å². The summed E-state index contributed by atoms with van der Waals surface area (Å²) in [7, 11) is 0. The van der Waals surface area contributed by atoms with Crippen LogP contribution >= 0.6 is 0 Å². The summed E-state index contributed by atoms with van der Waals surface area (Å²) in [5.74, 6) is 0. The minimum absolute atomic E-state index is 0.0230. The Morgan fingerprint density at radius 3 is 1.70 bits per heavy atom. The highest BCUT2D eigenvalue weighted by Gasteiger charge is 2.25. The van der Waals surface area contributed by atoms with Gasteiger partial charge in [-0.1, -0.05) is 75.4 Å². The first-order chi connectivity index (χ1) is 12.7. The highest BCUT2D eigenvalue weighted by molar-refractivity contribution is 5.71. The second-order valence-corrected chi connectivity index (χ2v) is 9.22. The summed E-state index contributed by atoms with van der Waals surface area (Å²) in [6.07, 6.45) is 0. The summed E-state index contributed by atoms with van der Waals surface area (Å²) in [4.78, 5) is 2.43. The van der Waals surface area contributed by atoms with Crippen LogP contribution in [0.15, 0.2) is 78.9 Å². The van der Waals surface area contributed by atoms with Gasteiger partial charge in [0.05, 0.1) is 0 Å². The molecule has 0 fully saturated rings. The molecular weight excluding hydrogens is 326 g/mol. The molecule has 0 saturated carbocycles. The second-order valence-electron chi connectivity index (χ2n) is 9.22. The van der Waals surface area contributed by atoms with Crippen molar-refractivity contribution in [3.05, 3.63) is 84.4 Å². The average Bonchev–Trinajstić information content (AvgIpc) is 2.62. The van der Waals surface area contributed by atoms with Crippen molar-refractivity contribution >= 4 is 11.4 Å². The van der Waals surface area contributed by atoms with E-state index in [1.165, 1.54) is 28.1 Å². The first-order valence-corrected chi connectivity index (χ1v) is 9.72. The van der Waals surface area contributed by atoms with Gasteiger partial charge in [0, 0.05) is 16.9 Å². The van der Waals surface area contributed by atoms with Gasteiger partial charge in [-0.25, -0.2) is 0 Å². The number of hydrogen-bond acceptors (Lipinski definition) is 1. The van der Waals surface area contributed by atoms with Crippen molar-refractivity contribution in [2.24, 2.45) is 0 Å². The van der Waals surface area contributed by atoms with Crippen LogP contribution in [0.2, 0.25) is 0 Å². The Labute approximate surface area is 164 Å². The third-order valence-electron chi connectivity index (χ3n) is 4.87. The highest BCUT2D eigenvalue weighted by atomic mass is 15.2. The normalized spacial score (nSPS) is 12.1. The van der Waals surface area contributed by atoms with E-state index < -0.39 is 0 Å². The van der Waals surface area contributed by atoms with Crippen molar-refractivity contribution in [2.45, 2.75) is 52.5 Å². The van der Waals surface area contributed by atoms with Gasteiger partial charge >= 0.3 is 0 Å². The van der Waals surface area contributed by atoms with Crippen molar-refractivity contribution in [3.63, 3.8) is 0 Å². The molecule has 0 bridgehead atoms. The zero-order valence-corrected chi connectivity index (χ0v) is 17.5. The van der Waals surface area contributed by atoms with Crippen molar-refractivity contribution in [3.8, 4) is 11.1 Å². The lowest BCUT2D eigenvalue weighted by Gasteiger charge is -2.38. The molecule has 3 rings (SSSR count). The number of benzene rings is 3. The fourth-order valence-electron chi connectivity index (χ4n) is 3.47. The molecule has 0 saturated heterocycles. The maximum absolute atomic E-state index is 2.43. The summed E-state index contributed by atoms with van der Waals surface area (Å²) in [6.45, 7) is 13.6. The predicted molar refractivity (Wildman–Crippen MR) is 119 cm³/mol. The lowest BCUT2D eigenvalue weighted by atomic mass is 9.86. The van der Waals surface area contributed by atoms with Gasteiger partial charge in [0.15, 0.2) is 0 Å². The molecule has 0 aliphatic heterocycles. The van der Waals surface area contributed by atoms with Gasteiger partial charge in [-0.05, 0) is 67.1 Å². The lowest BCUT2D eigenvalue weighted by molar-refractivity contribution is 0.557. The zero-order chi connectivity index (χ0) is 19.7. The summed E-state index contributed by atoms with van der Waals surface area (Å²) < 4.78 is 0. The van der Waals surface area contributed by atoms with E-state index in [1.807, 2.05) is 0 Å². The molecule has 1 nitrogen and oxygen atoms in total. The summed E-state index contributed by atoms with van der Waals surface area (Å²) in [6, 6.07) is 28.4. The van der Waals surface area contributed by atoms with Crippen molar-refractivity contribution in [2.75, 3.05) is 4.90 Å². The third kappa shape index (κ3) is 4.42.